The molecule has 0 spiro atoms. The highest BCUT2D eigenvalue weighted by atomic mass is 79.9. The first-order valence-corrected chi connectivity index (χ1v) is 4.40. The zero-order valence-corrected chi connectivity index (χ0v) is 8.31. The number of furan rings is 1. The Labute approximate surface area is 81.7 Å². The number of halogens is 1. The number of carboxylic acid groups (broad SMARTS) is 1. The van der Waals surface area contributed by atoms with Gasteiger partial charge in [0.15, 0.2) is 5.58 Å². The molecule has 0 bridgehead atoms. The van der Waals surface area contributed by atoms with Crippen LogP contribution in [-0.4, -0.2) is 16.1 Å². The van der Waals surface area contributed by atoms with Crippen LogP contribution in [0.1, 0.15) is 16.2 Å². The van der Waals surface area contributed by atoms with E-state index in [1.807, 2.05) is 0 Å². The van der Waals surface area contributed by atoms with Crippen LogP contribution in [-0.2, 0) is 0 Å². The smallest absolute Gasteiger partial charge is 0.352 e. The van der Waals surface area contributed by atoms with Crippen molar-refractivity contribution in [3.63, 3.8) is 0 Å². The molecule has 2 aromatic rings. The predicted molar refractivity (Wildman–Crippen MR) is 50.0 cm³/mol. The standard InChI is InChI=1S/C8H6BrNO3/c1-3-6(9)7-5(13-3)2-4(10-7)8(11)12/h2,10H,1H3,(H,11,12). The lowest BCUT2D eigenvalue weighted by Crippen LogP contribution is -1.95. The number of aromatic amines is 1. The Morgan fingerprint density at radius 2 is 2.38 bits per heavy atom. The zero-order valence-electron chi connectivity index (χ0n) is 6.72. The van der Waals surface area contributed by atoms with E-state index in [-0.39, 0.29) is 5.69 Å². The summed E-state index contributed by atoms with van der Waals surface area (Å²) in [5.41, 5.74) is 1.38. The Hall–Kier alpha value is -1.23. The second-order valence-corrected chi connectivity index (χ2v) is 3.49. The minimum absolute atomic E-state index is 0.134. The highest BCUT2D eigenvalue weighted by Gasteiger charge is 2.14. The highest BCUT2D eigenvalue weighted by Crippen LogP contribution is 2.30. The molecule has 0 saturated carbocycles. The molecule has 0 fully saturated rings. The van der Waals surface area contributed by atoms with Crippen LogP contribution in [0.5, 0.6) is 0 Å². The summed E-state index contributed by atoms with van der Waals surface area (Å²) >= 11 is 3.30. The Balaban J connectivity index is 2.72. The number of aromatic nitrogens is 1. The van der Waals surface area contributed by atoms with Crippen LogP contribution >= 0.6 is 15.9 Å². The number of carboxylic acids is 1. The van der Waals surface area contributed by atoms with Gasteiger partial charge in [-0.3, -0.25) is 0 Å². The fraction of sp³-hybridized carbons (Fsp3) is 0.125. The van der Waals surface area contributed by atoms with Gasteiger partial charge in [-0.15, -0.1) is 0 Å². The van der Waals surface area contributed by atoms with E-state index in [1.165, 1.54) is 6.07 Å². The van der Waals surface area contributed by atoms with Gasteiger partial charge in [0.05, 0.1) is 9.99 Å². The first kappa shape index (κ1) is 8.37. The van der Waals surface area contributed by atoms with Crippen LogP contribution in [0.15, 0.2) is 15.0 Å². The maximum Gasteiger partial charge on any atom is 0.352 e. The average molecular weight is 244 g/mol. The van der Waals surface area contributed by atoms with Gasteiger partial charge in [0.2, 0.25) is 0 Å². The number of hydrogen-bond acceptors (Lipinski definition) is 2. The van der Waals surface area contributed by atoms with Crippen molar-refractivity contribution in [2.24, 2.45) is 0 Å². The third-order valence-corrected chi connectivity index (χ3v) is 2.76. The van der Waals surface area contributed by atoms with E-state index < -0.39 is 5.97 Å². The maximum atomic E-state index is 10.6. The molecule has 0 aromatic carbocycles. The number of carbonyl (C=O) groups is 1. The molecule has 0 amide bonds. The summed E-state index contributed by atoms with van der Waals surface area (Å²) in [4.78, 5) is 13.3. The van der Waals surface area contributed by atoms with Crippen molar-refractivity contribution in [3.8, 4) is 0 Å². The Morgan fingerprint density at radius 3 is 2.92 bits per heavy atom. The lowest BCUT2D eigenvalue weighted by molar-refractivity contribution is 0.0691. The van der Waals surface area contributed by atoms with Gasteiger partial charge in [-0.1, -0.05) is 0 Å². The molecule has 2 heterocycles. The first-order valence-electron chi connectivity index (χ1n) is 3.60. The Morgan fingerprint density at radius 1 is 1.69 bits per heavy atom. The number of hydrogen-bond donors (Lipinski definition) is 2. The second kappa shape index (κ2) is 2.63. The summed E-state index contributed by atoms with van der Waals surface area (Å²) in [7, 11) is 0. The molecule has 0 saturated heterocycles. The molecule has 0 radical (unpaired) electrons. The van der Waals surface area contributed by atoms with E-state index >= 15 is 0 Å². The lowest BCUT2D eigenvalue weighted by Gasteiger charge is -1.86. The normalized spacial score (nSPS) is 10.9. The molecule has 0 aliphatic heterocycles. The van der Waals surface area contributed by atoms with Gasteiger partial charge in [0.1, 0.15) is 11.5 Å². The molecule has 68 valence electrons. The van der Waals surface area contributed by atoms with Crippen LogP contribution in [0.4, 0.5) is 0 Å². The fourth-order valence-corrected chi connectivity index (χ4v) is 1.56. The molecule has 2 rings (SSSR count). The molecule has 0 aliphatic rings. The molecule has 4 nitrogen and oxygen atoms in total. The van der Waals surface area contributed by atoms with Crippen molar-refractivity contribution >= 4 is 33.0 Å². The van der Waals surface area contributed by atoms with Gasteiger partial charge in [-0.25, -0.2) is 4.79 Å². The van der Waals surface area contributed by atoms with Crippen LogP contribution < -0.4 is 0 Å². The van der Waals surface area contributed by atoms with Gasteiger partial charge in [0.25, 0.3) is 0 Å². The maximum absolute atomic E-state index is 10.6. The molecule has 0 aliphatic carbocycles. The van der Waals surface area contributed by atoms with E-state index in [1.54, 1.807) is 6.92 Å². The predicted octanol–water partition coefficient (Wildman–Crippen LogP) is 2.53. The Bertz CT molecular complexity index is 483. The van der Waals surface area contributed by atoms with Gasteiger partial charge in [-0.05, 0) is 22.9 Å². The van der Waals surface area contributed by atoms with E-state index in [9.17, 15) is 4.79 Å². The molecule has 13 heavy (non-hydrogen) atoms. The topological polar surface area (TPSA) is 66.2 Å². The summed E-state index contributed by atoms with van der Waals surface area (Å²) < 4.78 is 6.06. The third kappa shape index (κ3) is 1.16. The van der Waals surface area contributed by atoms with Crippen LogP contribution in [0.2, 0.25) is 0 Å². The minimum Gasteiger partial charge on any atom is -0.477 e. The van der Waals surface area contributed by atoms with E-state index in [2.05, 4.69) is 20.9 Å². The van der Waals surface area contributed by atoms with Crippen molar-refractivity contribution in [2.45, 2.75) is 6.92 Å². The largest absolute Gasteiger partial charge is 0.477 e. The number of rotatable bonds is 1. The number of nitrogens with one attached hydrogen (secondary N) is 1. The molecule has 0 atom stereocenters. The van der Waals surface area contributed by atoms with E-state index in [0.717, 1.165) is 10.2 Å². The van der Waals surface area contributed by atoms with Gasteiger partial charge in [0, 0.05) is 6.07 Å². The van der Waals surface area contributed by atoms with Crippen LogP contribution in [0, 0.1) is 6.92 Å². The summed E-state index contributed by atoms with van der Waals surface area (Å²) in [6, 6.07) is 1.47. The average Bonchev–Trinajstić information content (AvgIpc) is 2.55. The molecule has 2 aromatic heterocycles. The molecule has 0 unspecified atom stereocenters. The molecular weight excluding hydrogens is 238 g/mol. The Kier molecular flexibility index (Phi) is 1.69. The molecule has 5 heteroatoms. The second-order valence-electron chi connectivity index (χ2n) is 2.70. The van der Waals surface area contributed by atoms with Gasteiger partial charge >= 0.3 is 5.97 Å². The number of aryl methyl sites for hydroxylation is 1. The summed E-state index contributed by atoms with van der Waals surface area (Å²) in [5, 5.41) is 8.68. The van der Waals surface area contributed by atoms with Crippen molar-refractivity contribution < 1.29 is 14.3 Å². The van der Waals surface area contributed by atoms with Gasteiger partial charge in [-0.2, -0.15) is 0 Å². The third-order valence-electron chi connectivity index (χ3n) is 1.80. The monoisotopic (exact) mass is 243 g/mol. The summed E-state index contributed by atoms with van der Waals surface area (Å²) in [5.74, 6) is -0.255. The van der Waals surface area contributed by atoms with Crippen molar-refractivity contribution in [2.75, 3.05) is 0 Å². The molecule has 2 N–H and O–H groups in total. The number of fused-ring (bicyclic) bond motifs is 1. The lowest BCUT2D eigenvalue weighted by atomic mass is 10.4. The van der Waals surface area contributed by atoms with Crippen molar-refractivity contribution in [3.05, 3.63) is 22.0 Å². The number of aromatic carboxylic acids is 1. The zero-order chi connectivity index (χ0) is 9.59. The summed E-state index contributed by atoms with van der Waals surface area (Å²) in [6.45, 7) is 1.80. The van der Waals surface area contributed by atoms with Crippen LogP contribution in [0.25, 0.3) is 11.1 Å². The van der Waals surface area contributed by atoms with E-state index in [0.29, 0.717) is 11.1 Å². The van der Waals surface area contributed by atoms with E-state index in [4.69, 9.17) is 9.52 Å². The molecular formula is C8H6BrNO3. The first-order chi connectivity index (χ1) is 6.09. The fourth-order valence-electron chi connectivity index (χ4n) is 1.18. The highest BCUT2D eigenvalue weighted by molar-refractivity contribution is 9.10. The summed E-state index contributed by atoms with van der Waals surface area (Å²) in [6.07, 6.45) is 0. The van der Waals surface area contributed by atoms with Crippen molar-refractivity contribution in [1.29, 1.82) is 0 Å². The SMILES string of the molecule is Cc1oc2cc(C(=O)O)[nH]c2c1Br. The minimum atomic E-state index is -0.990. The van der Waals surface area contributed by atoms with Crippen molar-refractivity contribution in [1.82, 2.24) is 4.98 Å². The van der Waals surface area contributed by atoms with Crippen LogP contribution in [0.3, 0.4) is 0 Å². The number of H-pyrrole nitrogens is 1. The quantitative estimate of drug-likeness (QED) is 0.809. The van der Waals surface area contributed by atoms with Gasteiger partial charge < -0.3 is 14.5 Å².